The number of ketones is 1. The maximum atomic E-state index is 13.3. The Morgan fingerprint density at radius 2 is 2.00 bits per heavy atom. The molecule has 1 N–H and O–H groups in total. The van der Waals surface area contributed by atoms with Crippen LogP contribution >= 0.6 is 11.6 Å². The zero-order chi connectivity index (χ0) is 16.8. The van der Waals surface area contributed by atoms with Crippen molar-refractivity contribution in [1.29, 1.82) is 0 Å². The first-order chi connectivity index (χ1) is 11.6. The van der Waals surface area contributed by atoms with E-state index in [2.05, 4.69) is 5.32 Å². The fourth-order valence-corrected chi connectivity index (χ4v) is 3.95. The zero-order valence-electron chi connectivity index (χ0n) is 12.9. The van der Waals surface area contributed by atoms with Crippen LogP contribution in [0.1, 0.15) is 47.6 Å². The molecule has 0 saturated heterocycles. The molecule has 6 heteroatoms. The van der Waals surface area contributed by atoms with Crippen molar-refractivity contribution < 1.29 is 9.18 Å². The van der Waals surface area contributed by atoms with Crippen LogP contribution in [0.5, 0.6) is 0 Å². The maximum Gasteiger partial charge on any atom is 0.252 e. The van der Waals surface area contributed by atoms with Gasteiger partial charge in [0.05, 0.1) is 16.6 Å². The van der Waals surface area contributed by atoms with Crippen molar-refractivity contribution in [3.63, 3.8) is 0 Å². The van der Waals surface area contributed by atoms with Gasteiger partial charge in [-0.1, -0.05) is 24.4 Å². The molecule has 1 aromatic heterocycles. The first kappa shape index (κ1) is 15.4. The Bertz CT molecular complexity index is 893. The number of nitrogens with one attached hydrogen (secondary N) is 1. The molecule has 0 bridgehead atoms. The van der Waals surface area contributed by atoms with Crippen molar-refractivity contribution in [1.82, 2.24) is 4.57 Å². The summed E-state index contributed by atoms with van der Waals surface area (Å²) in [6.07, 6.45) is 4.13. The average Bonchev–Trinajstić information content (AvgIpc) is 2.97. The summed E-state index contributed by atoms with van der Waals surface area (Å²) in [4.78, 5) is 25.2. The number of aromatic nitrogens is 1. The number of anilines is 1. The largest absolute Gasteiger partial charge is 0.366 e. The topological polar surface area (TPSA) is 51.1 Å². The second-order valence-electron chi connectivity index (χ2n) is 6.36. The van der Waals surface area contributed by atoms with Crippen molar-refractivity contribution in [3.05, 3.63) is 62.7 Å². The third-order valence-electron chi connectivity index (χ3n) is 4.94. The summed E-state index contributed by atoms with van der Waals surface area (Å²) in [5, 5.41) is 3.27. The van der Waals surface area contributed by atoms with Gasteiger partial charge in [0, 0.05) is 17.7 Å². The molecule has 1 aliphatic heterocycles. The van der Waals surface area contributed by atoms with Crippen molar-refractivity contribution >= 4 is 23.2 Å². The number of carbonyl (C=O) groups is 1. The molecule has 124 valence electrons. The summed E-state index contributed by atoms with van der Waals surface area (Å²) >= 11 is 5.79. The monoisotopic (exact) mass is 346 g/mol. The first-order valence-corrected chi connectivity index (χ1v) is 8.46. The Labute approximate surface area is 143 Å². The smallest absolute Gasteiger partial charge is 0.252 e. The summed E-state index contributed by atoms with van der Waals surface area (Å²) in [5.41, 5.74) is 0.631. The zero-order valence-corrected chi connectivity index (χ0v) is 13.6. The fourth-order valence-electron chi connectivity index (χ4n) is 3.77. The molecule has 2 atom stereocenters. The van der Waals surface area contributed by atoms with Gasteiger partial charge in [0.15, 0.2) is 5.78 Å². The van der Waals surface area contributed by atoms with E-state index in [1.54, 1.807) is 4.57 Å². The van der Waals surface area contributed by atoms with Gasteiger partial charge >= 0.3 is 0 Å². The first-order valence-electron chi connectivity index (χ1n) is 8.08. The van der Waals surface area contributed by atoms with E-state index in [0.717, 1.165) is 25.7 Å². The molecule has 0 radical (unpaired) electrons. The van der Waals surface area contributed by atoms with E-state index < -0.39 is 5.82 Å². The summed E-state index contributed by atoms with van der Waals surface area (Å²) in [7, 11) is 0. The molecule has 1 fully saturated rings. The van der Waals surface area contributed by atoms with Gasteiger partial charge in [-0.3, -0.25) is 14.2 Å². The van der Waals surface area contributed by atoms with E-state index >= 15 is 0 Å². The lowest BCUT2D eigenvalue weighted by Crippen LogP contribution is -2.29. The lowest BCUT2D eigenvalue weighted by molar-refractivity contribution is 0.103. The molecule has 1 aliphatic carbocycles. The van der Waals surface area contributed by atoms with Crippen molar-refractivity contribution in [2.75, 3.05) is 5.32 Å². The van der Waals surface area contributed by atoms with Crippen molar-refractivity contribution in [3.8, 4) is 0 Å². The van der Waals surface area contributed by atoms with Crippen molar-refractivity contribution in [2.45, 2.75) is 37.8 Å². The summed E-state index contributed by atoms with van der Waals surface area (Å²) in [6.45, 7) is 0. The van der Waals surface area contributed by atoms with Gasteiger partial charge in [-0.2, -0.15) is 0 Å². The number of rotatable bonds is 2. The number of hydrogen-bond donors (Lipinski definition) is 1. The van der Waals surface area contributed by atoms with E-state index in [1.165, 1.54) is 30.3 Å². The highest BCUT2D eigenvalue weighted by Crippen LogP contribution is 2.38. The van der Waals surface area contributed by atoms with Crippen LogP contribution in [0.15, 0.2) is 35.1 Å². The number of fused-ring (bicyclic) bond motifs is 3. The molecule has 0 unspecified atom stereocenters. The second-order valence-corrected chi connectivity index (χ2v) is 6.77. The van der Waals surface area contributed by atoms with Crippen molar-refractivity contribution in [2.24, 2.45) is 0 Å². The summed E-state index contributed by atoms with van der Waals surface area (Å²) in [5.74, 6) is -0.261. The molecule has 2 heterocycles. The Morgan fingerprint density at radius 3 is 2.79 bits per heavy atom. The predicted octanol–water partition coefficient (Wildman–Crippen LogP) is 3.78. The fraction of sp³-hybridized carbons (Fsp3) is 0.333. The molecule has 0 amide bonds. The highest BCUT2D eigenvalue weighted by Gasteiger charge is 2.36. The number of nitrogens with zero attached hydrogens (tertiary/aromatic N) is 1. The van der Waals surface area contributed by atoms with Gasteiger partial charge in [-0.05, 0) is 37.1 Å². The van der Waals surface area contributed by atoms with Crippen LogP contribution in [0, 0.1) is 5.82 Å². The minimum Gasteiger partial charge on any atom is -0.366 e. The Morgan fingerprint density at radius 1 is 1.21 bits per heavy atom. The number of carbonyl (C=O) groups excluding carboxylic acids is 1. The van der Waals surface area contributed by atoms with Crippen LogP contribution < -0.4 is 10.9 Å². The van der Waals surface area contributed by atoms with Crippen LogP contribution in [0.25, 0.3) is 0 Å². The van der Waals surface area contributed by atoms with Crippen LogP contribution in [0.4, 0.5) is 10.2 Å². The molecule has 4 rings (SSSR count). The van der Waals surface area contributed by atoms with Gasteiger partial charge in [0.2, 0.25) is 0 Å². The predicted molar refractivity (Wildman–Crippen MR) is 90.5 cm³/mol. The number of halogens is 2. The lowest BCUT2D eigenvalue weighted by Gasteiger charge is -2.25. The van der Waals surface area contributed by atoms with E-state index in [1.807, 2.05) is 0 Å². The molecular formula is C18H16ClFN2O2. The van der Waals surface area contributed by atoms with Crippen LogP contribution in [-0.4, -0.2) is 16.4 Å². The van der Waals surface area contributed by atoms with Gasteiger partial charge in [0.1, 0.15) is 11.6 Å². The number of pyridine rings is 1. The van der Waals surface area contributed by atoms with E-state index in [-0.39, 0.29) is 28.4 Å². The average molecular weight is 347 g/mol. The molecule has 1 aromatic carbocycles. The third-order valence-corrected chi connectivity index (χ3v) is 5.23. The molecule has 0 spiro atoms. The molecule has 24 heavy (non-hydrogen) atoms. The van der Waals surface area contributed by atoms with Gasteiger partial charge < -0.3 is 5.32 Å². The number of hydrogen-bond acceptors (Lipinski definition) is 3. The minimum absolute atomic E-state index is 0.0905. The molecule has 2 aromatic rings. The van der Waals surface area contributed by atoms with Gasteiger partial charge in [-0.15, -0.1) is 0 Å². The van der Waals surface area contributed by atoms with Crippen LogP contribution in [0.2, 0.25) is 5.02 Å². The minimum atomic E-state index is -0.563. The quantitative estimate of drug-likeness (QED) is 0.842. The normalized spacial score (nSPS) is 21.8. The van der Waals surface area contributed by atoms with Crippen LogP contribution in [-0.2, 0) is 0 Å². The van der Waals surface area contributed by atoms with Gasteiger partial charge in [-0.25, -0.2) is 4.39 Å². The molecular weight excluding hydrogens is 331 g/mol. The maximum absolute atomic E-state index is 13.3. The SMILES string of the molecule is O=C(c1ccc(F)c(Cl)c1)c1ccc(=O)n2c1N[C@@H]1CCCC[C@H]12. The van der Waals surface area contributed by atoms with E-state index in [0.29, 0.717) is 16.9 Å². The standard InChI is InChI=1S/C18H16ClFN2O2/c19-12-9-10(5-7-13(12)20)17(24)11-6-8-16(23)22-15-4-2-1-3-14(15)21-18(11)22/h5-9,14-15,21H,1-4H2/t14-,15-/m1/s1. The number of benzene rings is 1. The van der Waals surface area contributed by atoms with Gasteiger partial charge in [0.25, 0.3) is 5.56 Å². The Hall–Kier alpha value is -2.14. The van der Waals surface area contributed by atoms with E-state index in [4.69, 9.17) is 11.6 Å². The van der Waals surface area contributed by atoms with Crippen LogP contribution in [0.3, 0.4) is 0 Å². The Kier molecular flexibility index (Phi) is 3.68. The lowest BCUT2D eigenvalue weighted by atomic mass is 9.91. The second kappa shape index (κ2) is 5.74. The Balaban J connectivity index is 1.80. The molecule has 2 aliphatic rings. The molecule has 1 saturated carbocycles. The highest BCUT2D eigenvalue weighted by atomic mass is 35.5. The third kappa shape index (κ3) is 2.35. The molecule has 4 nitrogen and oxygen atoms in total. The van der Waals surface area contributed by atoms with E-state index in [9.17, 15) is 14.0 Å². The summed E-state index contributed by atoms with van der Waals surface area (Å²) < 4.78 is 15.0. The highest BCUT2D eigenvalue weighted by molar-refractivity contribution is 6.31. The summed E-state index contributed by atoms with van der Waals surface area (Å²) in [6, 6.07) is 7.18.